The van der Waals surface area contributed by atoms with Gasteiger partial charge >= 0.3 is 0 Å². The van der Waals surface area contributed by atoms with Gasteiger partial charge in [-0.2, -0.15) is 4.68 Å². The number of aromatic nitrogens is 2. The molecule has 0 bridgehead atoms. The highest BCUT2D eigenvalue weighted by Crippen LogP contribution is 2.24. The van der Waals surface area contributed by atoms with Crippen molar-refractivity contribution in [1.82, 2.24) is 9.78 Å². The van der Waals surface area contributed by atoms with E-state index in [0.717, 1.165) is 6.92 Å². The molecule has 3 aromatic rings. The minimum atomic E-state index is -1.33. The number of hydrogen-bond acceptors (Lipinski definition) is 3. The molecule has 0 radical (unpaired) electrons. The molecule has 0 fully saturated rings. The molecule has 0 amide bonds. The number of nitrogens with zero attached hydrogens (tertiary/aromatic N) is 2. The molecule has 1 N–H and O–H groups in total. The summed E-state index contributed by atoms with van der Waals surface area (Å²) in [5.41, 5.74) is -1.89. The number of hydrogen-bond donors (Lipinski definition) is 1. The van der Waals surface area contributed by atoms with Gasteiger partial charge in [-0.05, 0) is 19.1 Å². The van der Waals surface area contributed by atoms with Crippen molar-refractivity contribution in [3.63, 3.8) is 0 Å². The van der Waals surface area contributed by atoms with Gasteiger partial charge in [0, 0.05) is 11.6 Å². The van der Waals surface area contributed by atoms with Crippen LogP contribution in [0, 0.1) is 24.4 Å². The highest BCUT2D eigenvalue weighted by molar-refractivity contribution is 5.85. The summed E-state index contributed by atoms with van der Waals surface area (Å²) in [4.78, 5) is 12.3. The van der Waals surface area contributed by atoms with Crippen molar-refractivity contribution in [1.29, 1.82) is 0 Å². The number of fused-ring (bicyclic) bond motifs is 1. The topological polar surface area (TPSA) is 55.1 Å². The third-order valence-corrected chi connectivity index (χ3v) is 3.37. The predicted molar refractivity (Wildman–Crippen MR) is 73.6 cm³/mol. The van der Waals surface area contributed by atoms with E-state index >= 15 is 0 Å². The molecule has 0 spiro atoms. The second kappa shape index (κ2) is 4.87. The minimum absolute atomic E-state index is 0.0804. The molecule has 0 aliphatic heterocycles. The van der Waals surface area contributed by atoms with Crippen LogP contribution in [-0.2, 0) is 0 Å². The van der Waals surface area contributed by atoms with Crippen LogP contribution < -0.4 is 5.56 Å². The summed E-state index contributed by atoms with van der Waals surface area (Å²) in [7, 11) is 0. The molecular formula is C15H9F3N2O2. The summed E-state index contributed by atoms with van der Waals surface area (Å²) in [5.74, 6) is -4.28. The largest absolute Gasteiger partial charge is 0.492 e. The Kier molecular flexibility index (Phi) is 3.13. The van der Waals surface area contributed by atoms with Gasteiger partial charge in [0.2, 0.25) is 5.88 Å². The van der Waals surface area contributed by atoms with Crippen molar-refractivity contribution in [2.45, 2.75) is 6.92 Å². The minimum Gasteiger partial charge on any atom is -0.492 e. The first-order valence-corrected chi connectivity index (χ1v) is 6.27. The molecule has 0 aliphatic carbocycles. The SMILES string of the molecule is Cc1c(F)c(F)cc(-n2nc(O)c3ccccc3c2=O)c1F. The zero-order valence-electron chi connectivity index (χ0n) is 11.3. The molecule has 7 heteroatoms. The molecule has 0 unspecified atom stereocenters. The van der Waals surface area contributed by atoms with Crippen LogP contribution in [0.15, 0.2) is 35.1 Å². The van der Waals surface area contributed by atoms with Gasteiger partial charge in [-0.3, -0.25) is 4.79 Å². The number of halogens is 3. The molecule has 0 saturated carbocycles. The molecule has 2 aromatic carbocycles. The summed E-state index contributed by atoms with van der Waals surface area (Å²) in [6, 6.07) is 6.56. The molecule has 0 aliphatic rings. The third kappa shape index (κ3) is 1.93. The standard InChI is InChI=1S/C15H9F3N2O2/c1-7-12(17)10(16)6-11(13(7)18)20-15(22)9-5-3-2-4-8(9)14(21)19-20/h2-6H,1H3,(H,19,21). The van der Waals surface area contributed by atoms with Crippen LogP contribution >= 0.6 is 0 Å². The second-order valence-electron chi connectivity index (χ2n) is 4.72. The quantitative estimate of drug-likeness (QED) is 0.703. The number of benzene rings is 2. The van der Waals surface area contributed by atoms with E-state index in [1.807, 2.05) is 0 Å². The highest BCUT2D eigenvalue weighted by atomic mass is 19.2. The van der Waals surface area contributed by atoms with Gasteiger partial charge in [0.15, 0.2) is 17.5 Å². The van der Waals surface area contributed by atoms with Crippen LogP contribution in [0.1, 0.15) is 5.56 Å². The fraction of sp³-hybridized carbons (Fsp3) is 0.0667. The lowest BCUT2D eigenvalue weighted by molar-refractivity contribution is 0.440. The number of rotatable bonds is 1. The number of aromatic hydroxyl groups is 1. The van der Waals surface area contributed by atoms with Crippen LogP contribution in [0.25, 0.3) is 16.5 Å². The molecule has 112 valence electrons. The molecule has 3 rings (SSSR count). The Labute approximate surface area is 122 Å². The van der Waals surface area contributed by atoms with E-state index in [1.165, 1.54) is 12.1 Å². The van der Waals surface area contributed by atoms with Gasteiger partial charge < -0.3 is 5.11 Å². The van der Waals surface area contributed by atoms with E-state index in [2.05, 4.69) is 5.10 Å². The molecule has 0 atom stereocenters. The Hall–Kier alpha value is -2.83. The van der Waals surface area contributed by atoms with Crippen molar-refractivity contribution in [2.24, 2.45) is 0 Å². The first-order valence-electron chi connectivity index (χ1n) is 6.27. The zero-order valence-corrected chi connectivity index (χ0v) is 11.3. The van der Waals surface area contributed by atoms with E-state index < -0.39 is 40.1 Å². The first-order chi connectivity index (χ1) is 10.4. The molecule has 1 heterocycles. The molecule has 4 nitrogen and oxygen atoms in total. The maximum atomic E-state index is 14.2. The van der Waals surface area contributed by atoms with E-state index in [1.54, 1.807) is 12.1 Å². The average Bonchev–Trinajstić information content (AvgIpc) is 2.52. The van der Waals surface area contributed by atoms with E-state index in [-0.39, 0.29) is 10.8 Å². The maximum absolute atomic E-state index is 14.2. The van der Waals surface area contributed by atoms with E-state index in [4.69, 9.17) is 0 Å². The van der Waals surface area contributed by atoms with E-state index in [0.29, 0.717) is 10.7 Å². The van der Waals surface area contributed by atoms with Crippen LogP contribution in [0.5, 0.6) is 5.88 Å². The fourth-order valence-electron chi connectivity index (χ4n) is 2.20. The maximum Gasteiger partial charge on any atom is 0.279 e. The Morgan fingerprint density at radius 2 is 1.73 bits per heavy atom. The lowest BCUT2D eigenvalue weighted by Gasteiger charge is -2.11. The summed E-state index contributed by atoms with van der Waals surface area (Å²) in [6.07, 6.45) is 0. The van der Waals surface area contributed by atoms with Crippen molar-refractivity contribution < 1.29 is 18.3 Å². The molecule has 22 heavy (non-hydrogen) atoms. The van der Waals surface area contributed by atoms with Crippen LogP contribution in [0.2, 0.25) is 0 Å². The summed E-state index contributed by atoms with van der Waals surface area (Å²) in [5, 5.41) is 13.7. The average molecular weight is 306 g/mol. The lowest BCUT2D eigenvalue weighted by atomic mass is 10.1. The van der Waals surface area contributed by atoms with Crippen molar-refractivity contribution in [3.8, 4) is 11.6 Å². The van der Waals surface area contributed by atoms with Gasteiger partial charge in [-0.15, -0.1) is 5.10 Å². The summed E-state index contributed by atoms with van der Waals surface area (Å²) < 4.78 is 41.5. The molecule has 0 saturated heterocycles. The molecular weight excluding hydrogens is 297 g/mol. The predicted octanol–water partition coefficient (Wildman–Crippen LogP) is 2.82. The lowest BCUT2D eigenvalue weighted by Crippen LogP contribution is -2.23. The van der Waals surface area contributed by atoms with Crippen molar-refractivity contribution >= 4 is 10.8 Å². The van der Waals surface area contributed by atoms with Gasteiger partial charge in [-0.1, -0.05) is 12.1 Å². The van der Waals surface area contributed by atoms with Crippen LogP contribution in [0.4, 0.5) is 13.2 Å². The Morgan fingerprint density at radius 3 is 2.41 bits per heavy atom. The normalized spacial score (nSPS) is 11.1. The Bertz CT molecular complexity index is 967. The fourth-order valence-corrected chi connectivity index (χ4v) is 2.20. The van der Waals surface area contributed by atoms with Crippen molar-refractivity contribution in [3.05, 3.63) is 63.7 Å². The van der Waals surface area contributed by atoms with Crippen LogP contribution in [-0.4, -0.2) is 14.9 Å². The van der Waals surface area contributed by atoms with Gasteiger partial charge in [0.25, 0.3) is 5.56 Å². The Balaban J connectivity index is 2.42. The first kappa shape index (κ1) is 14.1. The smallest absolute Gasteiger partial charge is 0.279 e. The molecule has 1 aromatic heterocycles. The zero-order chi connectivity index (χ0) is 16.0. The van der Waals surface area contributed by atoms with Crippen molar-refractivity contribution in [2.75, 3.05) is 0 Å². The Morgan fingerprint density at radius 1 is 1.09 bits per heavy atom. The monoisotopic (exact) mass is 306 g/mol. The van der Waals surface area contributed by atoms with Gasteiger partial charge in [0.05, 0.1) is 10.8 Å². The summed E-state index contributed by atoms with van der Waals surface area (Å²) >= 11 is 0. The van der Waals surface area contributed by atoms with E-state index in [9.17, 15) is 23.1 Å². The highest BCUT2D eigenvalue weighted by Gasteiger charge is 2.20. The third-order valence-electron chi connectivity index (χ3n) is 3.37. The van der Waals surface area contributed by atoms with Crippen LogP contribution in [0.3, 0.4) is 0 Å². The second-order valence-corrected chi connectivity index (χ2v) is 4.72. The van der Waals surface area contributed by atoms with Gasteiger partial charge in [-0.25, -0.2) is 13.2 Å². The summed E-state index contributed by atoms with van der Waals surface area (Å²) in [6.45, 7) is 1.04. The van der Waals surface area contributed by atoms with Gasteiger partial charge in [0.1, 0.15) is 5.69 Å².